The summed E-state index contributed by atoms with van der Waals surface area (Å²) in [4.78, 5) is 22.1. The van der Waals surface area contributed by atoms with Crippen LogP contribution in [0.15, 0.2) is 12.7 Å². The van der Waals surface area contributed by atoms with Crippen LogP contribution in [0.2, 0.25) is 0 Å². The lowest BCUT2D eigenvalue weighted by molar-refractivity contribution is -0.139. The first kappa shape index (κ1) is 14.0. The van der Waals surface area contributed by atoms with Crippen LogP contribution in [0.4, 0.5) is 4.79 Å². The maximum Gasteiger partial charge on any atom is 0.326 e. The molecule has 16 heavy (non-hydrogen) atoms. The summed E-state index contributed by atoms with van der Waals surface area (Å²) in [6.45, 7) is 5.24. The number of carboxylic acids is 1. The first-order valence-corrected chi connectivity index (χ1v) is 4.92. The average Bonchev–Trinajstić information content (AvgIpc) is 2.25. The monoisotopic (exact) mass is 224 g/mol. The van der Waals surface area contributed by atoms with Crippen LogP contribution in [0.25, 0.3) is 0 Å². The van der Waals surface area contributed by atoms with Gasteiger partial charge in [-0.05, 0) is 12.8 Å². The molecule has 5 nitrogen and oxygen atoms in total. The molecule has 0 aromatic carbocycles. The van der Waals surface area contributed by atoms with E-state index in [9.17, 15) is 9.59 Å². The van der Waals surface area contributed by atoms with Gasteiger partial charge in [-0.25, -0.2) is 9.59 Å². The van der Waals surface area contributed by atoms with Crippen LogP contribution in [-0.4, -0.2) is 29.2 Å². The van der Waals surface area contributed by atoms with Crippen LogP contribution >= 0.6 is 0 Å². The van der Waals surface area contributed by atoms with Gasteiger partial charge in [0.1, 0.15) is 6.04 Å². The van der Waals surface area contributed by atoms with Gasteiger partial charge in [0.2, 0.25) is 0 Å². The van der Waals surface area contributed by atoms with Crippen LogP contribution in [0.5, 0.6) is 0 Å². The summed E-state index contributed by atoms with van der Waals surface area (Å²) < 4.78 is 0. The van der Waals surface area contributed by atoms with E-state index in [-0.39, 0.29) is 6.42 Å². The topological polar surface area (TPSA) is 78.4 Å². The van der Waals surface area contributed by atoms with Crippen molar-refractivity contribution in [2.75, 3.05) is 0 Å². The van der Waals surface area contributed by atoms with E-state index in [1.807, 2.05) is 6.92 Å². The Kier molecular flexibility index (Phi) is 6.45. The Morgan fingerprint density at radius 3 is 2.56 bits per heavy atom. The summed E-state index contributed by atoms with van der Waals surface area (Å²) in [6, 6.07) is -1.95. The third kappa shape index (κ3) is 5.05. The van der Waals surface area contributed by atoms with Gasteiger partial charge >= 0.3 is 12.0 Å². The molecule has 0 heterocycles. The number of hydrogen-bond acceptors (Lipinski definition) is 2. The molecule has 2 amide bonds. The average molecular weight is 224 g/mol. The van der Waals surface area contributed by atoms with Crippen molar-refractivity contribution in [3.05, 3.63) is 12.7 Å². The molecule has 0 rings (SSSR count). The smallest absolute Gasteiger partial charge is 0.326 e. The second-order valence-corrected chi connectivity index (χ2v) is 3.16. The van der Waals surface area contributed by atoms with Crippen molar-refractivity contribution in [2.24, 2.45) is 0 Å². The molecule has 2 unspecified atom stereocenters. The maximum absolute atomic E-state index is 11.3. The standard InChI is InChI=1S/C11H16N2O3/c1-4-7-9(10(14)15)13-11(16)12-8(5-2)6-3/h2,4,8-9H,1,6-7H2,3H3,(H,14,15)(H2,12,13,16). The molecule has 0 saturated carbocycles. The van der Waals surface area contributed by atoms with Crippen LogP contribution in [0.3, 0.4) is 0 Å². The number of nitrogens with one attached hydrogen (secondary N) is 2. The molecular formula is C11H16N2O3. The number of hydrogen-bond donors (Lipinski definition) is 3. The van der Waals surface area contributed by atoms with Gasteiger partial charge in [0.25, 0.3) is 0 Å². The molecule has 0 aromatic rings. The van der Waals surface area contributed by atoms with Crippen LogP contribution in [0.1, 0.15) is 19.8 Å². The van der Waals surface area contributed by atoms with Crippen LogP contribution < -0.4 is 10.6 Å². The highest BCUT2D eigenvalue weighted by molar-refractivity contribution is 5.82. The SMILES string of the molecule is C#CC(CC)NC(=O)NC(CC=C)C(=O)O. The minimum atomic E-state index is -1.11. The molecule has 5 heteroatoms. The van der Waals surface area contributed by atoms with Crippen molar-refractivity contribution < 1.29 is 14.7 Å². The minimum absolute atomic E-state index is 0.162. The predicted molar refractivity (Wildman–Crippen MR) is 60.8 cm³/mol. The number of aliphatic carboxylic acids is 1. The highest BCUT2D eigenvalue weighted by Crippen LogP contribution is 1.94. The van der Waals surface area contributed by atoms with Crippen molar-refractivity contribution in [3.63, 3.8) is 0 Å². The molecule has 2 atom stereocenters. The van der Waals surface area contributed by atoms with E-state index in [0.717, 1.165) is 0 Å². The molecule has 0 fully saturated rings. The zero-order valence-corrected chi connectivity index (χ0v) is 9.19. The zero-order chi connectivity index (χ0) is 12.6. The molecule has 0 bridgehead atoms. The number of carboxylic acid groups (broad SMARTS) is 1. The fourth-order valence-electron chi connectivity index (χ4n) is 1.01. The van der Waals surface area contributed by atoms with Gasteiger partial charge in [-0.15, -0.1) is 13.0 Å². The van der Waals surface area contributed by atoms with Crippen molar-refractivity contribution in [3.8, 4) is 12.3 Å². The van der Waals surface area contributed by atoms with E-state index >= 15 is 0 Å². The highest BCUT2D eigenvalue weighted by atomic mass is 16.4. The summed E-state index contributed by atoms with van der Waals surface area (Å²) >= 11 is 0. The molecule has 88 valence electrons. The summed E-state index contributed by atoms with van der Waals surface area (Å²) in [5, 5.41) is 13.5. The van der Waals surface area contributed by atoms with Crippen molar-refractivity contribution in [2.45, 2.75) is 31.8 Å². The lowest BCUT2D eigenvalue weighted by Crippen LogP contribution is -2.48. The number of carbonyl (C=O) groups is 2. The second-order valence-electron chi connectivity index (χ2n) is 3.16. The molecule has 0 saturated heterocycles. The van der Waals surface area contributed by atoms with E-state index in [1.54, 1.807) is 0 Å². The van der Waals surface area contributed by atoms with E-state index < -0.39 is 24.1 Å². The van der Waals surface area contributed by atoms with Crippen LogP contribution in [-0.2, 0) is 4.79 Å². The molecule has 0 spiro atoms. The number of urea groups is 1. The largest absolute Gasteiger partial charge is 0.480 e. The van der Waals surface area contributed by atoms with Crippen molar-refractivity contribution in [1.82, 2.24) is 10.6 Å². The Labute approximate surface area is 94.9 Å². The Morgan fingerprint density at radius 1 is 1.56 bits per heavy atom. The fourth-order valence-corrected chi connectivity index (χ4v) is 1.01. The number of amides is 2. The molecule has 3 N–H and O–H groups in total. The van der Waals surface area contributed by atoms with Crippen molar-refractivity contribution in [1.29, 1.82) is 0 Å². The summed E-state index contributed by atoms with van der Waals surface area (Å²) in [5.74, 6) is 1.27. The lowest BCUT2D eigenvalue weighted by atomic mass is 10.2. The van der Waals surface area contributed by atoms with E-state index in [2.05, 4.69) is 23.1 Å². The third-order valence-electron chi connectivity index (χ3n) is 1.92. The fraction of sp³-hybridized carbons (Fsp3) is 0.455. The number of carbonyl (C=O) groups excluding carboxylic acids is 1. The second kappa shape index (κ2) is 7.35. The highest BCUT2D eigenvalue weighted by Gasteiger charge is 2.18. The van der Waals surface area contributed by atoms with Gasteiger partial charge < -0.3 is 15.7 Å². The van der Waals surface area contributed by atoms with Gasteiger partial charge in [0.05, 0.1) is 6.04 Å². The normalized spacial score (nSPS) is 13.0. The quantitative estimate of drug-likeness (QED) is 0.459. The Bertz CT molecular complexity index is 307. The van der Waals surface area contributed by atoms with Gasteiger partial charge in [-0.2, -0.15) is 0 Å². The Hall–Kier alpha value is -1.96. The summed E-state index contributed by atoms with van der Waals surface area (Å²) in [6.07, 6.45) is 7.33. The Morgan fingerprint density at radius 2 is 2.19 bits per heavy atom. The molecular weight excluding hydrogens is 208 g/mol. The zero-order valence-electron chi connectivity index (χ0n) is 9.19. The van der Waals surface area contributed by atoms with E-state index in [4.69, 9.17) is 11.5 Å². The molecule has 0 aromatic heterocycles. The maximum atomic E-state index is 11.3. The summed E-state index contributed by atoms with van der Waals surface area (Å²) in [7, 11) is 0. The molecule has 0 radical (unpaired) electrons. The predicted octanol–water partition coefficient (Wildman–Crippen LogP) is 0.727. The molecule has 0 aliphatic carbocycles. The molecule has 0 aliphatic rings. The third-order valence-corrected chi connectivity index (χ3v) is 1.92. The van der Waals surface area contributed by atoms with Crippen molar-refractivity contribution >= 4 is 12.0 Å². The number of rotatable bonds is 6. The first-order chi connectivity index (χ1) is 7.54. The summed E-state index contributed by atoms with van der Waals surface area (Å²) in [5.41, 5.74) is 0. The Balaban J connectivity index is 4.25. The minimum Gasteiger partial charge on any atom is -0.480 e. The van der Waals surface area contributed by atoms with Gasteiger partial charge in [0.15, 0.2) is 0 Å². The van der Waals surface area contributed by atoms with E-state index in [1.165, 1.54) is 6.08 Å². The number of terminal acetylenes is 1. The lowest BCUT2D eigenvalue weighted by Gasteiger charge is -2.15. The molecule has 0 aliphatic heterocycles. The first-order valence-electron chi connectivity index (χ1n) is 4.92. The van der Waals surface area contributed by atoms with Gasteiger partial charge in [-0.1, -0.05) is 18.9 Å². The van der Waals surface area contributed by atoms with Gasteiger partial charge in [0, 0.05) is 0 Å². The van der Waals surface area contributed by atoms with E-state index in [0.29, 0.717) is 6.42 Å². The van der Waals surface area contributed by atoms with Gasteiger partial charge in [-0.3, -0.25) is 0 Å². The van der Waals surface area contributed by atoms with Crippen LogP contribution in [0, 0.1) is 12.3 Å².